The second-order valence-corrected chi connectivity index (χ2v) is 5.70. The molecule has 0 bridgehead atoms. The lowest BCUT2D eigenvalue weighted by Crippen LogP contribution is -2.39. The maximum Gasteiger partial charge on any atom is 0.166 e. The molecule has 0 aliphatic rings. The molecule has 0 spiro atoms. The second-order valence-electron chi connectivity index (χ2n) is 5.29. The zero-order chi connectivity index (χ0) is 17.4. The minimum absolute atomic E-state index is 0.534. The van der Waals surface area contributed by atoms with Crippen LogP contribution >= 0.6 is 12.2 Å². The fourth-order valence-electron chi connectivity index (χ4n) is 2.18. The molecule has 6 nitrogen and oxygen atoms in total. The number of fused-ring (bicyclic) bond motifs is 1. The first kappa shape index (κ1) is 17.9. The number of nitriles is 1. The molecule has 0 saturated heterocycles. The molecule has 0 saturated carbocycles. The molecular formula is C17H21N5OS. The van der Waals surface area contributed by atoms with Gasteiger partial charge >= 0.3 is 0 Å². The van der Waals surface area contributed by atoms with Gasteiger partial charge in [0.05, 0.1) is 17.7 Å². The van der Waals surface area contributed by atoms with E-state index >= 15 is 0 Å². The molecule has 7 heteroatoms. The van der Waals surface area contributed by atoms with Crippen molar-refractivity contribution < 1.29 is 4.74 Å². The first-order valence-corrected chi connectivity index (χ1v) is 8.11. The van der Waals surface area contributed by atoms with Crippen LogP contribution in [0.2, 0.25) is 0 Å². The molecule has 1 aromatic carbocycles. The van der Waals surface area contributed by atoms with Crippen LogP contribution in [0.5, 0.6) is 0 Å². The Morgan fingerprint density at radius 3 is 2.79 bits per heavy atom. The molecule has 2 aromatic rings. The van der Waals surface area contributed by atoms with Crippen LogP contribution in [0.3, 0.4) is 0 Å². The van der Waals surface area contributed by atoms with Crippen molar-refractivity contribution in [3.63, 3.8) is 0 Å². The summed E-state index contributed by atoms with van der Waals surface area (Å²) in [5.74, 6) is 0.593. The number of nitrogens with one attached hydrogen (secondary N) is 3. The number of methoxy groups -OCH3 is 1. The summed E-state index contributed by atoms with van der Waals surface area (Å²) in [5, 5.41) is 20.2. The predicted molar refractivity (Wildman–Crippen MR) is 100 cm³/mol. The lowest BCUT2D eigenvalue weighted by atomic mass is 10.1. The Hall–Kier alpha value is -2.43. The summed E-state index contributed by atoms with van der Waals surface area (Å²) in [4.78, 5) is 4.56. The molecule has 0 unspecified atom stereocenters. The van der Waals surface area contributed by atoms with Crippen LogP contribution in [0.25, 0.3) is 10.9 Å². The number of hydrogen-bond acceptors (Lipinski definition) is 5. The molecule has 1 aromatic heterocycles. The van der Waals surface area contributed by atoms with Crippen molar-refractivity contribution in [3.05, 3.63) is 35.4 Å². The number of anilines is 1. The summed E-state index contributed by atoms with van der Waals surface area (Å²) in [6, 6.07) is 10.0. The molecule has 0 fully saturated rings. The van der Waals surface area contributed by atoms with Crippen LogP contribution in [0, 0.1) is 18.3 Å². The summed E-state index contributed by atoms with van der Waals surface area (Å²) in [6.07, 6.45) is 0. The number of ether oxygens (including phenoxy) is 1. The van der Waals surface area contributed by atoms with Gasteiger partial charge in [-0.25, -0.2) is 4.98 Å². The fourth-order valence-corrected chi connectivity index (χ4v) is 2.39. The Morgan fingerprint density at radius 2 is 2.04 bits per heavy atom. The van der Waals surface area contributed by atoms with E-state index < -0.39 is 0 Å². The highest BCUT2D eigenvalue weighted by atomic mass is 32.1. The van der Waals surface area contributed by atoms with Crippen LogP contribution in [0.1, 0.15) is 11.1 Å². The van der Waals surface area contributed by atoms with E-state index in [1.807, 2.05) is 31.2 Å². The van der Waals surface area contributed by atoms with E-state index in [1.165, 1.54) is 0 Å². The third-order valence-electron chi connectivity index (χ3n) is 3.39. The second kappa shape index (κ2) is 9.01. The van der Waals surface area contributed by atoms with Gasteiger partial charge in [0, 0.05) is 32.1 Å². The van der Waals surface area contributed by atoms with Gasteiger partial charge in [0.2, 0.25) is 0 Å². The average Bonchev–Trinajstić information content (AvgIpc) is 2.58. The fraction of sp³-hybridized carbons (Fsp3) is 0.353. The molecule has 0 amide bonds. The molecule has 3 N–H and O–H groups in total. The molecule has 24 heavy (non-hydrogen) atoms. The molecule has 0 atom stereocenters. The monoisotopic (exact) mass is 343 g/mol. The smallest absolute Gasteiger partial charge is 0.166 e. The van der Waals surface area contributed by atoms with Crippen molar-refractivity contribution in [2.45, 2.75) is 6.92 Å². The molecule has 2 rings (SSSR count). The van der Waals surface area contributed by atoms with Crippen molar-refractivity contribution in [2.75, 3.05) is 38.7 Å². The number of benzene rings is 1. The molecule has 0 aliphatic heterocycles. The first-order valence-electron chi connectivity index (χ1n) is 7.70. The van der Waals surface area contributed by atoms with E-state index in [0.29, 0.717) is 42.7 Å². The van der Waals surface area contributed by atoms with E-state index in [0.717, 1.165) is 16.5 Å². The summed E-state index contributed by atoms with van der Waals surface area (Å²) in [5.41, 5.74) is 2.55. The third kappa shape index (κ3) is 5.05. The first-order chi connectivity index (χ1) is 11.6. The van der Waals surface area contributed by atoms with Gasteiger partial charge in [-0.15, -0.1) is 0 Å². The molecule has 0 radical (unpaired) electrons. The van der Waals surface area contributed by atoms with Crippen LogP contribution in [-0.2, 0) is 4.74 Å². The minimum atomic E-state index is 0.534. The van der Waals surface area contributed by atoms with Gasteiger partial charge in [0.1, 0.15) is 11.9 Å². The number of pyridine rings is 1. The van der Waals surface area contributed by atoms with Crippen molar-refractivity contribution >= 4 is 34.1 Å². The quantitative estimate of drug-likeness (QED) is 0.523. The van der Waals surface area contributed by atoms with Crippen molar-refractivity contribution in [1.29, 1.82) is 5.26 Å². The van der Waals surface area contributed by atoms with E-state index in [1.54, 1.807) is 7.11 Å². The summed E-state index contributed by atoms with van der Waals surface area (Å²) >= 11 is 5.15. The maximum absolute atomic E-state index is 9.31. The summed E-state index contributed by atoms with van der Waals surface area (Å²) in [6.45, 7) is 4.52. The van der Waals surface area contributed by atoms with Crippen molar-refractivity contribution in [1.82, 2.24) is 15.6 Å². The largest absolute Gasteiger partial charge is 0.383 e. The van der Waals surface area contributed by atoms with E-state index in [9.17, 15) is 5.26 Å². The number of aromatic nitrogens is 1. The van der Waals surface area contributed by atoms with Crippen LogP contribution in [0.4, 0.5) is 5.82 Å². The summed E-state index contributed by atoms with van der Waals surface area (Å²) < 4.78 is 4.94. The zero-order valence-electron chi connectivity index (χ0n) is 13.8. The third-order valence-corrected chi connectivity index (χ3v) is 3.68. The van der Waals surface area contributed by atoms with Crippen LogP contribution < -0.4 is 16.0 Å². The van der Waals surface area contributed by atoms with Crippen molar-refractivity contribution in [3.8, 4) is 6.07 Å². The van der Waals surface area contributed by atoms with Crippen molar-refractivity contribution in [2.24, 2.45) is 0 Å². The molecule has 126 valence electrons. The Bertz CT molecular complexity index is 756. The summed E-state index contributed by atoms with van der Waals surface area (Å²) in [7, 11) is 1.65. The topological polar surface area (TPSA) is 82.0 Å². The van der Waals surface area contributed by atoms with Gasteiger partial charge in [0.15, 0.2) is 5.11 Å². The van der Waals surface area contributed by atoms with Gasteiger partial charge in [-0.3, -0.25) is 0 Å². The minimum Gasteiger partial charge on any atom is -0.383 e. The van der Waals surface area contributed by atoms with Gasteiger partial charge < -0.3 is 20.7 Å². The Kier molecular flexibility index (Phi) is 6.73. The average molecular weight is 343 g/mol. The highest BCUT2D eigenvalue weighted by Crippen LogP contribution is 2.20. The standard InChI is InChI=1S/C17H21N5OS/c1-12-3-4-13-10-14(11-18)16(22-15(13)9-12)19-5-6-20-17(24)21-7-8-23-2/h3-4,9-10H,5-8H2,1-2H3,(H,19,22)(H2,20,21,24). The van der Waals surface area contributed by atoms with Gasteiger partial charge in [0.25, 0.3) is 0 Å². The highest BCUT2D eigenvalue weighted by Gasteiger charge is 2.06. The number of aryl methyl sites for hydroxylation is 1. The number of hydrogen-bond donors (Lipinski definition) is 3. The highest BCUT2D eigenvalue weighted by molar-refractivity contribution is 7.80. The van der Waals surface area contributed by atoms with Gasteiger partial charge in [-0.05, 0) is 36.8 Å². The normalized spacial score (nSPS) is 10.2. The Labute approximate surface area is 147 Å². The SMILES string of the molecule is COCCNC(=S)NCCNc1nc2cc(C)ccc2cc1C#N. The van der Waals surface area contributed by atoms with E-state index in [2.05, 4.69) is 27.0 Å². The number of thiocarbonyl (C=S) groups is 1. The van der Waals surface area contributed by atoms with E-state index in [4.69, 9.17) is 17.0 Å². The van der Waals surface area contributed by atoms with Gasteiger partial charge in [-0.1, -0.05) is 12.1 Å². The Morgan fingerprint density at radius 1 is 1.25 bits per heavy atom. The maximum atomic E-state index is 9.31. The van der Waals surface area contributed by atoms with Gasteiger partial charge in [-0.2, -0.15) is 5.26 Å². The van der Waals surface area contributed by atoms with Crippen LogP contribution in [-0.4, -0.2) is 43.4 Å². The number of nitrogens with zero attached hydrogens (tertiary/aromatic N) is 2. The van der Waals surface area contributed by atoms with Crippen LogP contribution in [0.15, 0.2) is 24.3 Å². The number of rotatable bonds is 7. The lowest BCUT2D eigenvalue weighted by molar-refractivity contribution is 0.204. The molecule has 1 heterocycles. The van der Waals surface area contributed by atoms with E-state index in [-0.39, 0.29) is 0 Å². The molecular weight excluding hydrogens is 322 g/mol. The lowest BCUT2D eigenvalue weighted by Gasteiger charge is -2.12. The predicted octanol–water partition coefficient (Wildman–Crippen LogP) is 1.94. The molecule has 0 aliphatic carbocycles. The Balaban J connectivity index is 1.92. The zero-order valence-corrected chi connectivity index (χ0v) is 14.7.